The minimum atomic E-state index is -0.315. The maximum Gasteiger partial charge on any atom is 0.243 e. The number of carbonyl (C=O) groups excluding carboxylic acids is 2. The number of amides is 1. The highest BCUT2D eigenvalue weighted by atomic mass is 16.5. The molecular formula is C19H36N2O3. The molecule has 0 saturated heterocycles. The van der Waals surface area contributed by atoms with E-state index in [0.29, 0.717) is 18.6 Å². The minimum absolute atomic E-state index is 0. The molecule has 1 aliphatic rings. The van der Waals surface area contributed by atoms with Gasteiger partial charge in [-0.3, -0.25) is 14.8 Å². The van der Waals surface area contributed by atoms with Crippen LogP contribution < -0.4 is 5.48 Å². The highest BCUT2D eigenvalue weighted by Gasteiger charge is 2.25. The van der Waals surface area contributed by atoms with Crippen LogP contribution in [0, 0.1) is 13.8 Å². The quantitative estimate of drug-likeness (QED) is 0.433. The normalized spacial score (nSPS) is 13.1. The Morgan fingerprint density at radius 2 is 1.83 bits per heavy atom. The molecule has 0 saturated carbocycles. The molecular weight excluding hydrogens is 304 g/mol. The average molecular weight is 341 g/mol. The molecule has 0 bridgehead atoms. The molecule has 1 aromatic heterocycles. The first-order valence-electron chi connectivity index (χ1n) is 9.21. The Labute approximate surface area is 148 Å². The second-order valence-corrected chi connectivity index (χ2v) is 6.16. The van der Waals surface area contributed by atoms with Gasteiger partial charge in [-0.25, -0.2) is 5.48 Å². The molecule has 0 atom stereocenters. The Kier molecular flexibility index (Phi) is 8.76. The number of fused-ring (bicyclic) bond motifs is 1. The zero-order chi connectivity index (χ0) is 18.1. The Morgan fingerprint density at radius 1 is 1.17 bits per heavy atom. The summed E-state index contributed by atoms with van der Waals surface area (Å²) in [5.74, 6) is -0.0138. The number of Topliss-reactive ketones (excluding diaryl/α,β-unsaturated/α-hetero) is 1. The van der Waals surface area contributed by atoms with E-state index in [1.807, 2.05) is 13.8 Å². The van der Waals surface area contributed by atoms with Gasteiger partial charge in [0.25, 0.3) is 0 Å². The molecule has 140 valence electrons. The number of unbranched alkanes of at least 4 members (excludes halogenated alkanes) is 3. The van der Waals surface area contributed by atoms with Gasteiger partial charge in [0.05, 0.1) is 0 Å². The largest absolute Gasteiger partial charge is 0.348 e. The molecule has 0 radical (unpaired) electrons. The van der Waals surface area contributed by atoms with E-state index < -0.39 is 0 Å². The lowest BCUT2D eigenvalue weighted by atomic mass is 9.94. The van der Waals surface area contributed by atoms with Gasteiger partial charge >= 0.3 is 0 Å². The zero-order valence-electron chi connectivity index (χ0n) is 15.6. The van der Waals surface area contributed by atoms with E-state index in [1.165, 1.54) is 11.4 Å². The summed E-state index contributed by atoms with van der Waals surface area (Å²) in [5, 5.41) is 8.42. The number of hydrogen-bond acceptors (Lipinski definition) is 3. The smallest absolute Gasteiger partial charge is 0.243 e. The van der Waals surface area contributed by atoms with E-state index in [1.54, 1.807) is 5.48 Å². The van der Waals surface area contributed by atoms with Crippen molar-refractivity contribution >= 4 is 11.7 Å². The standard InChI is InChI=1S/C17H26N2O3.C2H6.2H2/c1-12-13(2)19(14-8-7-9-15(20)17(12)14)11-6-4-3-5-10-16(21)18-22;1-2;;/h22H,3-11H2,1-2H3,(H,18,21);1-2H3;2*1H. The third kappa shape index (κ3) is 4.94. The first-order chi connectivity index (χ1) is 11.6. The molecule has 0 aromatic carbocycles. The van der Waals surface area contributed by atoms with E-state index in [-0.39, 0.29) is 8.76 Å². The van der Waals surface area contributed by atoms with Gasteiger partial charge in [0.2, 0.25) is 5.91 Å². The van der Waals surface area contributed by atoms with Crippen LogP contribution in [0.1, 0.15) is 89.0 Å². The number of rotatable bonds is 7. The summed E-state index contributed by atoms with van der Waals surface area (Å²) in [4.78, 5) is 23.0. The van der Waals surface area contributed by atoms with Crippen molar-refractivity contribution in [1.29, 1.82) is 0 Å². The highest BCUT2D eigenvalue weighted by Crippen LogP contribution is 2.29. The van der Waals surface area contributed by atoms with Gasteiger partial charge in [-0.2, -0.15) is 0 Å². The van der Waals surface area contributed by atoms with E-state index in [0.717, 1.165) is 56.2 Å². The van der Waals surface area contributed by atoms with E-state index in [2.05, 4.69) is 18.4 Å². The molecule has 1 amide bonds. The maximum absolute atomic E-state index is 12.1. The lowest BCUT2D eigenvalue weighted by Gasteiger charge is -2.16. The van der Waals surface area contributed by atoms with Gasteiger partial charge in [0.1, 0.15) is 0 Å². The Bertz CT molecular complexity index is 572. The van der Waals surface area contributed by atoms with Gasteiger partial charge in [-0.1, -0.05) is 26.7 Å². The second-order valence-electron chi connectivity index (χ2n) is 6.16. The van der Waals surface area contributed by atoms with Crippen LogP contribution in [0.2, 0.25) is 0 Å². The fourth-order valence-corrected chi connectivity index (χ4v) is 3.38. The molecule has 5 nitrogen and oxygen atoms in total. The number of ketones is 1. The molecule has 1 aromatic rings. The summed E-state index contributed by atoms with van der Waals surface area (Å²) in [5.41, 5.74) is 6.23. The maximum atomic E-state index is 12.1. The Hall–Kier alpha value is -1.62. The molecule has 24 heavy (non-hydrogen) atoms. The van der Waals surface area contributed by atoms with Crippen molar-refractivity contribution in [2.45, 2.75) is 85.6 Å². The summed E-state index contributed by atoms with van der Waals surface area (Å²) in [6.07, 6.45) is 6.92. The van der Waals surface area contributed by atoms with Crippen LogP contribution in [-0.4, -0.2) is 21.5 Å². The van der Waals surface area contributed by atoms with E-state index >= 15 is 0 Å². The Morgan fingerprint density at radius 3 is 2.50 bits per heavy atom. The number of carbonyl (C=O) groups is 2. The first-order valence-corrected chi connectivity index (χ1v) is 9.21. The molecule has 0 fully saturated rings. The molecule has 2 N–H and O–H groups in total. The SMILES string of the molecule is CC.Cc1c2c(n(CCCCCCC(=O)NO)c1C)CCCC2=O.[HH].[HH]. The molecule has 5 heteroatoms. The molecule has 0 unspecified atom stereocenters. The van der Waals surface area contributed by atoms with Crippen LogP contribution >= 0.6 is 0 Å². The fourth-order valence-electron chi connectivity index (χ4n) is 3.38. The van der Waals surface area contributed by atoms with Gasteiger partial charge in [0, 0.05) is 39.2 Å². The van der Waals surface area contributed by atoms with Crippen molar-refractivity contribution in [1.82, 2.24) is 10.0 Å². The predicted octanol–water partition coefficient (Wildman–Crippen LogP) is 4.60. The topological polar surface area (TPSA) is 71.3 Å². The first kappa shape index (κ1) is 20.4. The monoisotopic (exact) mass is 340 g/mol. The number of hydroxylamine groups is 1. The van der Waals surface area contributed by atoms with Crippen molar-refractivity contribution < 1.29 is 17.6 Å². The molecule has 1 aliphatic carbocycles. The number of hydrogen-bond donors (Lipinski definition) is 2. The van der Waals surface area contributed by atoms with Crippen molar-refractivity contribution in [3.05, 3.63) is 22.5 Å². The molecule has 1 heterocycles. The van der Waals surface area contributed by atoms with Crippen molar-refractivity contribution in [2.24, 2.45) is 0 Å². The zero-order valence-corrected chi connectivity index (χ0v) is 15.6. The summed E-state index contributed by atoms with van der Waals surface area (Å²) >= 11 is 0. The molecule has 0 spiro atoms. The summed E-state index contributed by atoms with van der Waals surface area (Å²) in [6.45, 7) is 9.11. The van der Waals surface area contributed by atoms with Crippen LogP contribution in [0.15, 0.2) is 0 Å². The second kappa shape index (κ2) is 10.3. The summed E-state index contributed by atoms with van der Waals surface area (Å²) in [6, 6.07) is 0. The Balaban J connectivity index is 0. The van der Waals surface area contributed by atoms with Crippen molar-refractivity contribution in [2.75, 3.05) is 0 Å². The predicted molar refractivity (Wildman–Crippen MR) is 99.8 cm³/mol. The lowest BCUT2D eigenvalue weighted by Crippen LogP contribution is -2.17. The highest BCUT2D eigenvalue weighted by molar-refractivity contribution is 6.00. The fraction of sp³-hybridized carbons (Fsp3) is 0.684. The summed E-state index contributed by atoms with van der Waals surface area (Å²) in [7, 11) is 0. The van der Waals surface area contributed by atoms with Gasteiger partial charge < -0.3 is 4.57 Å². The minimum Gasteiger partial charge on any atom is -0.348 e. The summed E-state index contributed by atoms with van der Waals surface area (Å²) < 4.78 is 2.32. The van der Waals surface area contributed by atoms with Crippen LogP contribution in [-0.2, 0) is 17.8 Å². The lowest BCUT2D eigenvalue weighted by molar-refractivity contribution is -0.129. The van der Waals surface area contributed by atoms with Crippen molar-refractivity contribution in [3.63, 3.8) is 0 Å². The average Bonchev–Trinajstić information content (AvgIpc) is 2.85. The van der Waals surface area contributed by atoms with Gasteiger partial charge in [0.15, 0.2) is 5.78 Å². The molecule has 2 rings (SSSR count). The third-order valence-corrected chi connectivity index (χ3v) is 4.69. The molecule has 0 aliphatic heterocycles. The number of nitrogens with one attached hydrogen (secondary N) is 1. The third-order valence-electron chi connectivity index (χ3n) is 4.69. The van der Waals surface area contributed by atoms with Gasteiger partial charge in [-0.15, -0.1) is 0 Å². The van der Waals surface area contributed by atoms with E-state index in [9.17, 15) is 9.59 Å². The number of nitrogens with zero attached hydrogens (tertiary/aromatic N) is 1. The number of aromatic nitrogens is 1. The van der Waals surface area contributed by atoms with Crippen LogP contribution in [0.25, 0.3) is 0 Å². The van der Waals surface area contributed by atoms with Crippen LogP contribution in [0.4, 0.5) is 0 Å². The van der Waals surface area contributed by atoms with Gasteiger partial charge in [-0.05, 0) is 45.1 Å². The van der Waals surface area contributed by atoms with E-state index in [4.69, 9.17) is 5.21 Å². The van der Waals surface area contributed by atoms with Crippen LogP contribution in [0.3, 0.4) is 0 Å². The van der Waals surface area contributed by atoms with Crippen molar-refractivity contribution in [3.8, 4) is 0 Å². The van der Waals surface area contributed by atoms with Crippen LogP contribution in [0.5, 0.6) is 0 Å².